The zero-order valence-electron chi connectivity index (χ0n) is 44.4. The van der Waals surface area contributed by atoms with Crippen LogP contribution in [-0.4, -0.2) is 0 Å². The summed E-state index contributed by atoms with van der Waals surface area (Å²) in [5.41, 5.74) is 26.8. The van der Waals surface area contributed by atoms with Crippen LogP contribution >= 0.6 is 0 Å². The van der Waals surface area contributed by atoms with Gasteiger partial charge in [0, 0.05) is 17.1 Å². The van der Waals surface area contributed by atoms with Crippen LogP contribution in [0.4, 0.5) is 17.1 Å². The summed E-state index contributed by atoms with van der Waals surface area (Å²) in [5, 5.41) is 0. The topological polar surface area (TPSA) is 3.24 Å². The van der Waals surface area contributed by atoms with Crippen LogP contribution in [0.15, 0.2) is 231 Å². The molecule has 1 nitrogen and oxygen atoms in total. The fourth-order valence-electron chi connectivity index (χ4n) is 12.8. The van der Waals surface area contributed by atoms with Gasteiger partial charge in [0.25, 0.3) is 0 Å². The maximum Gasteiger partial charge on any atom is 0.0714 e. The summed E-state index contributed by atoms with van der Waals surface area (Å²) in [6.07, 6.45) is 0. The van der Waals surface area contributed by atoms with Gasteiger partial charge in [0.2, 0.25) is 0 Å². The van der Waals surface area contributed by atoms with E-state index in [1.54, 1.807) is 0 Å². The van der Waals surface area contributed by atoms with Crippen LogP contribution < -0.4 is 4.90 Å². The van der Waals surface area contributed by atoms with Gasteiger partial charge in [-0.3, -0.25) is 0 Å². The van der Waals surface area contributed by atoms with E-state index in [2.05, 4.69) is 298 Å². The largest absolute Gasteiger partial charge is 0.310 e. The minimum absolute atomic E-state index is 0.0367. The third kappa shape index (κ3) is 7.34. The van der Waals surface area contributed by atoms with Crippen molar-refractivity contribution >= 4 is 17.1 Å². The average molecular weight is 956 g/mol. The fourth-order valence-corrected chi connectivity index (χ4v) is 12.8. The van der Waals surface area contributed by atoms with Crippen molar-refractivity contribution < 1.29 is 0 Å². The minimum Gasteiger partial charge on any atom is -0.310 e. The first-order valence-corrected chi connectivity index (χ1v) is 26.5. The Morgan fingerprint density at radius 2 is 0.757 bits per heavy atom. The zero-order valence-corrected chi connectivity index (χ0v) is 44.4. The zero-order chi connectivity index (χ0) is 51.1. The first kappa shape index (κ1) is 47.0. The van der Waals surface area contributed by atoms with Crippen molar-refractivity contribution in [3.05, 3.63) is 303 Å². The SMILES string of the molecule is Cc1cccc(N(c2ccc3c(c2)C(c2ccccc2)(c2ccc(C(C)(C)C)cc2)c2ccccc2-3)c2cc(C)c(-c3ccc4c(c3)C(c3ccccc3)(c3ccc(C(C)(C)C)cc3)c3ccccc3-4)cc2C)c1. The summed E-state index contributed by atoms with van der Waals surface area (Å²) in [6.45, 7) is 20.6. The van der Waals surface area contributed by atoms with E-state index in [0.717, 1.165) is 11.4 Å². The fraction of sp³-hybridized carbons (Fsp3) is 0.178. The quantitative estimate of drug-likeness (QED) is 0.147. The molecular formula is C73H65N. The van der Waals surface area contributed by atoms with Crippen LogP contribution in [0.2, 0.25) is 0 Å². The third-order valence-electron chi connectivity index (χ3n) is 16.5. The Morgan fingerprint density at radius 1 is 0.311 bits per heavy atom. The Morgan fingerprint density at radius 3 is 1.27 bits per heavy atom. The molecule has 0 spiro atoms. The van der Waals surface area contributed by atoms with Gasteiger partial charge in [-0.15, -0.1) is 0 Å². The van der Waals surface area contributed by atoms with E-state index in [0.29, 0.717) is 0 Å². The third-order valence-corrected chi connectivity index (χ3v) is 16.5. The molecular weight excluding hydrogens is 891 g/mol. The maximum absolute atomic E-state index is 2.51. The Hall–Kier alpha value is -8.00. The molecule has 0 amide bonds. The van der Waals surface area contributed by atoms with E-state index in [1.807, 2.05) is 0 Å². The van der Waals surface area contributed by atoms with Gasteiger partial charge in [0.1, 0.15) is 0 Å². The van der Waals surface area contributed by atoms with Crippen LogP contribution in [-0.2, 0) is 21.7 Å². The number of aryl methyl sites for hydroxylation is 3. The molecule has 0 N–H and O–H groups in total. The molecule has 362 valence electrons. The van der Waals surface area contributed by atoms with Crippen molar-refractivity contribution in [1.29, 1.82) is 0 Å². The second kappa shape index (κ2) is 17.6. The van der Waals surface area contributed by atoms with Crippen LogP contribution in [0.3, 0.4) is 0 Å². The van der Waals surface area contributed by atoms with Crippen LogP contribution in [0.25, 0.3) is 33.4 Å². The molecule has 0 fully saturated rings. The summed E-state index contributed by atoms with van der Waals surface area (Å²) in [5.74, 6) is 0. The molecule has 12 rings (SSSR count). The number of anilines is 3. The number of fused-ring (bicyclic) bond motifs is 6. The van der Waals surface area contributed by atoms with Crippen molar-refractivity contribution in [2.45, 2.75) is 84.0 Å². The average Bonchev–Trinajstić information content (AvgIpc) is 3.88. The Bertz CT molecular complexity index is 3750. The molecule has 10 aromatic rings. The van der Waals surface area contributed by atoms with Crippen LogP contribution in [0.5, 0.6) is 0 Å². The molecule has 74 heavy (non-hydrogen) atoms. The number of nitrogens with zero attached hydrogens (tertiary/aromatic N) is 1. The highest BCUT2D eigenvalue weighted by Gasteiger charge is 2.48. The molecule has 1 heteroatoms. The monoisotopic (exact) mass is 956 g/mol. The molecule has 0 aromatic heterocycles. The van der Waals surface area contributed by atoms with Gasteiger partial charge in [-0.05, 0) is 180 Å². The van der Waals surface area contributed by atoms with Gasteiger partial charge in [-0.25, -0.2) is 0 Å². The van der Waals surface area contributed by atoms with Crippen LogP contribution in [0, 0.1) is 20.8 Å². The highest BCUT2D eigenvalue weighted by molar-refractivity contribution is 5.92. The molecule has 0 aliphatic heterocycles. The molecule has 0 heterocycles. The first-order valence-electron chi connectivity index (χ1n) is 26.5. The molecule has 0 bridgehead atoms. The van der Waals surface area contributed by atoms with E-state index >= 15 is 0 Å². The Balaban J connectivity index is 1.04. The van der Waals surface area contributed by atoms with Gasteiger partial charge in [0.05, 0.1) is 10.8 Å². The summed E-state index contributed by atoms with van der Waals surface area (Å²) in [6, 6.07) is 87.8. The molecule has 2 aliphatic rings. The van der Waals surface area contributed by atoms with Crippen LogP contribution in [0.1, 0.15) is 114 Å². The number of hydrogen-bond donors (Lipinski definition) is 0. The van der Waals surface area contributed by atoms with Gasteiger partial charge < -0.3 is 4.90 Å². The number of benzene rings is 10. The van der Waals surface area contributed by atoms with E-state index in [4.69, 9.17) is 0 Å². The molecule has 0 saturated carbocycles. The van der Waals surface area contributed by atoms with Crippen molar-refractivity contribution in [2.24, 2.45) is 0 Å². The lowest BCUT2D eigenvalue weighted by molar-refractivity contribution is 0.589. The highest BCUT2D eigenvalue weighted by Crippen LogP contribution is 2.59. The molecule has 10 aromatic carbocycles. The van der Waals surface area contributed by atoms with E-state index in [9.17, 15) is 0 Å². The van der Waals surface area contributed by atoms with E-state index in [1.165, 1.54) is 111 Å². The standard InChI is InChI=1S/C73H65N/c1-48-21-20-26-58(43-48)74(59-40-42-63-61-28-17-19-30-66(61)73(68(63)47-59,55-24-14-11-15-25-55)57-38-34-53(35-39-57)71(7,8)9)69-45-49(2)64(44-50(69)3)51-31-41-62-60-27-16-18-29-65(60)72(67(62)46-51,54-22-12-10-13-23-54)56-36-32-52(33-37-56)70(4,5)6/h10-47H,1-9H3. The summed E-state index contributed by atoms with van der Waals surface area (Å²) >= 11 is 0. The van der Waals surface area contributed by atoms with Gasteiger partial charge >= 0.3 is 0 Å². The van der Waals surface area contributed by atoms with E-state index < -0.39 is 10.8 Å². The predicted molar refractivity (Wildman–Crippen MR) is 313 cm³/mol. The highest BCUT2D eigenvalue weighted by atomic mass is 15.1. The lowest BCUT2D eigenvalue weighted by Crippen LogP contribution is -2.29. The second-order valence-electron chi connectivity index (χ2n) is 23.1. The van der Waals surface area contributed by atoms with Crippen molar-refractivity contribution in [3.63, 3.8) is 0 Å². The predicted octanol–water partition coefficient (Wildman–Crippen LogP) is 19.1. The van der Waals surface area contributed by atoms with Gasteiger partial charge in [-0.2, -0.15) is 0 Å². The Labute approximate surface area is 439 Å². The maximum atomic E-state index is 2.51. The molecule has 2 atom stereocenters. The summed E-state index contributed by atoms with van der Waals surface area (Å²) < 4.78 is 0. The Kier molecular flexibility index (Phi) is 11.2. The molecule has 0 radical (unpaired) electrons. The number of rotatable bonds is 8. The summed E-state index contributed by atoms with van der Waals surface area (Å²) in [7, 11) is 0. The lowest BCUT2D eigenvalue weighted by atomic mass is 9.67. The number of hydrogen-bond acceptors (Lipinski definition) is 1. The second-order valence-corrected chi connectivity index (χ2v) is 23.1. The van der Waals surface area contributed by atoms with Crippen molar-refractivity contribution in [3.8, 4) is 33.4 Å². The van der Waals surface area contributed by atoms with Gasteiger partial charge in [0.15, 0.2) is 0 Å². The van der Waals surface area contributed by atoms with E-state index in [-0.39, 0.29) is 10.8 Å². The minimum atomic E-state index is -0.538. The molecule has 0 saturated heterocycles. The van der Waals surface area contributed by atoms with Crippen molar-refractivity contribution in [1.82, 2.24) is 0 Å². The first-order chi connectivity index (χ1) is 35.7. The summed E-state index contributed by atoms with van der Waals surface area (Å²) in [4.78, 5) is 2.50. The molecule has 2 aliphatic carbocycles. The van der Waals surface area contributed by atoms with Gasteiger partial charge in [-0.1, -0.05) is 230 Å². The normalized spacial score (nSPS) is 16.6. The smallest absolute Gasteiger partial charge is 0.0714 e. The lowest BCUT2D eigenvalue weighted by Gasteiger charge is -2.35. The van der Waals surface area contributed by atoms with Crippen molar-refractivity contribution in [2.75, 3.05) is 4.90 Å². The molecule has 2 unspecified atom stereocenters.